The number of hydrogen-bond acceptors (Lipinski definition) is 3. The lowest BCUT2D eigenvalue weighted by Gasteiger charge is -2.33. The molecule has 0 radical (unpaired) electrons. The van der Waals surface area contributed by atoms with Crippen molar-refractivity contribution in [2.75, 3.05) is 27.3 Å². The maximum Gasteiger partial charge on any atom is 0.122 e. The van der Waals surface area contributed by atoms with Gasteiger partial charge in [-0.3, -0.25) is 0 Å². The number of methoxy groups -OCH3 is 2. The molecule has 1 aliphatic rings. The first-order valence-corrected chi connectivity index (χ1v) is 8.31. The average molecular weight is 311 g/mol. The molecule has 1 heterocycles. The van der Waals surface area contributed by atoms with Gasteiger partial charge >= 0.3 is 0 Å². The van der Waals surface area contributed by atoms with Gasteiger partial charge in [-0.25, -0.2) is 0 Å². The lowest BCUT2D eigenvalue weighted by molar-refractivity contribution is 0.324. The normalized spacial score (nSPS) is 15.6. The Morgan fingerprint density at radius 1 is 0.826 bits per heavy atom. The van der Waals surface area contributed by atoms with Crippen molar-refractivity contribution < 1.29 is 9.47 Å². The average Bonchev–Trinajstić information content (AvgIpc) is 2.64. The van der Waals surface area contributed by atoms with Gasteiger partial charge in [0, 0.05) is 17.0 Å². The van der Waals surface area contributed by atoms with E-state index in [1.165, 1.54) is 24.0 Å². The summed E-state index contributed by atoms with van der Waals surface area (Å²) in [7, 11) is 3.50. The van der Waals surface area contributed by atoms with E-state index in [9.17, 15) is 0 Å². The minimum atomic E-state index is 0.296. The predicted molar refractivity (Wildman–Crippen MR) is 93.4 cm³/mol. The van der Waals surface area contributed by atoms with Crippen LogP contribution < -0.4 is 14.8 Å². The number of hydrogen-bond donors (Lipinski definition) is 1. The van der Waals surface area contributed by atoms with Gasteiger partial charge in [-0.15, -0.1) is 0 Å². The van der Waals surface area contributed by atoms with Crippen molar-refractivity contribution in [3.05, 3.63) is 59.7 Å². The van der Waals surface area contributed by atoms with Crippen LogP contribution in [0.1, 0.15) is 29.9 Å². The van der Waals surface area contributed by atoms with E-state index in [1.807, 2.05) is 12.1 Å². The zero-order valence-electron chi connectivity index (χ0n) is 13.9. The highest BCUT2D eigenvalue weighted by Gasteiger charge is 2.30. The number of rotatable bonds is 5. The van der Waals surface area contributed by atoms with Gasteiger partial charge in [0.1, 0.15) is 11.5 Å². The Bertz CT molecular complexity index is 588. The topological polar surface area (TPSA) is 30.5 Å². The fourth-order valence-corrected chi connectivity index (χ4v) is 3.70. The second-order valence-electron chi connectivity index (χ2n) is 6.05. The van der Waals surface area contributed by atoms with Crippen LogP contribution in [0, 0.1) is 5.92 Å². The second-order valence-corrected chi connectivity index (χ2v) is 6.05. The number of para-hydroxylation sites is 2. The van der Waals surface area contributed by atoms with Crippen LogP contribution in [0.4, 0.5) is 0 Å². The molecule has 122 valence electrons. The predicted octanol–water partition coefficient (Wildman–Crippen LogP) is 3.84. The molecule has 2 aromatic carbocycles. The molecule has 0 saturated carbocycles. The van der Waals surface area contributed by atoms with E-state index < -0.39 is 0 Å². The molecule has 0 aliphatic carbocycles. The highest BCUT2D eigenvalue weighted by molar-refractivity contribution is 5.47. The van der Waals surface area contributed by atoms with Crippen molar-refractivity contribution in [1.29, 1.82) is 0 Å². The molecule has 0 spiro atoms. The maximum absolute atomic E-state index is 5.66. The molecule has 0 unspecified atom stereocenters. The van der Waals surface area contributed by atoms with E-state index in [4.69, 9.17) is 9.47 Å². The van der Waals surface area contributed by atoms with Gasteiger partial charge in [0.2, 0.25) is 0 Å². The molecule has 1 aliphatic heterocycles. The quantitative estimate of drug-likeness (QED) is 0.910. The van der Waals surface area contributed by atoms with Gasteiger partial charge in [-0.2, -0.15) is 0 Å². The first-order chi connectivity index (χ1) is 11.3. The van der Waals surface area contributed by atoms with Crippen molar-refractivity contribution in [3.63, 3.8) is 0 Å². The second kappa shape index (κ2) is 7.51. The molecule has 3 nitrogen and oxygen atoms in total. The summed E-state index contributed by atoms with van der Waals surface area (Å²) >= 11 is 0. The van der Waals surface area contributed by atoms with E-state index in [0.717, 1.165) is 24.6 Å². The van der Waals surface area contributed by atoms with Gasteiger partial charge in [0.15, 0.2) is 0 Å². The number of piperidine rings is 1. The summed E-state index contributed by atoms with van der Waals surface area (Å²) in [6, 6.07) is 16.8. The number of ether oxygens (including phenoxy) is 2. The fraction of sp³-hybridized carbons (Fsp3) is 0.400. The fourth-order valence-electron chi connectivity index (χ4n) is 3.70. The smallest absolute Gasteiger partial charge is 0.122 e. The highest BCUT2D eigenvalue weighted by atomic mass is 16.5. The SMILES string of the molecule is COc1ccccc1C(c1ccccc1OC)C1CCNCC1. The first-order valence-electron chi connectivity index (χ1n) is 8.31. The summed E-state index contributed by atoms with van der Waals surface area (Å²) in [4.78, 5) is 0. The Morgan fingerprint density at radius 2 is 1.30 bits per heavy atom. The van der Waals surface area contributed by atoms with Crippen molar-refractivity contribution in [2.45, 2.75) is 18.8 Å². The molecule has 1 fully saturated rings. The van der Waals surface area contributed by atoms with Crippen molar-refractivity contribution >= 4 is 0 Å². The largest absolute Gasteiger partial charge is 0.496 e. The van der Waals surface area contributed by atoms with E-state index in [-0.39, 0.29) is 0 Å². The van der Waals surface area contributed by atoms with Crippen molar-refractivity contribution in [1.82, 2.24) is 5.32 Å². The van der Waals surface area contributed by atoms with Gasteiger partial charge in [0.25, 0.3) is 0 Å². The third-order valence-corrected chi connectivity index (χ3v) is 4.80. The summed E-state index contributed by atoms with van der Waals surface area (Å²) in [6.07, 6.45) is 2.33. The molecule has 3 rings (SSSR count). The monoisotopic (exact) mass is 311 g/mol. The summed E-state index contributed by atoms with van der Waals surface area (Å²) in [6.45, 7) is 2.15. The molecule has 0 atom stereocenters. The molecule has 1 saturated heterocycles. The standard InChI is InChI=1S/C20H25NO2/c1-22-18-9-5-3-7-16(18)20(15-11-13-21-14-12-15)17-8-4-6-10-19(17)23-2/h3-10,15,20-21H,11-14H2,1-2H3. The molecular weight excluding hydrogens is 286 g/mol. The Hall–Kier alpha value is -2.00. The number of nitrogens with one attached hydrogen (secondary N) is 1. The highest BCUT2D eigenvalue weighted by Crippen LogP contribution is 2.43. The van der Waals surface area contributed by atoms with E-state index >= 15 is 0 Å². The maximum atomic E-state index is 5.66. The molecule has 0 amide bonds. The molecular formula is C20H25NO2. The van der Waals surface area contributed by atoms with E-state index in [0.29, 0.717) is 11.8 Å². The van der Waals surface area contributed by atoms with Crippen LogP contribution in [0.3, 0.4) is 0 Å². The molecule has 3 heteroatoms. The summed E-state index contributed by atoms with van der Waals surface area (Å²) in [5, 5.41) is 3.47. The lowest BCUT2D eigenvalue weighted by atomic mass is 9.76. The Balaban J connectivity index is 2.10. The zero-order chi connectivity index (χ0) is 16.1. The lowest BCUT2D eigenvalue weighted by Crippen LogP contribution is -2.31. The van der Waals surface area contributed by atoms with Crippen LogP contribution in [0.5, 0.6) is 11.5 Å². The number of benzene rings is 2. The van der Waals surface area contributed by atoms with E-state index in [2.05, 4.69) is 41.7 Å². The van der Waals surface area contributed by atoms with Crippen molar-refractivity contribution in [2.24, 2.45) is 5.92 Å². The van der Waals surface area contributed by atoms with Gasteiger partial charge < -0.3 is 14.8 Å². The minimum Gasteiger partial charge on any atom is -0.496 e. The molecule has 2 aromatic rings. The summed E-state index contributed by atoms with van der Waals surface area (Å²) in [5.74, 6) is 2.80. The van der Waals surface area contributed by atoms with Crippen LogP contribution in [-0.4, -0.2) is 27.3 Å². The summed E-state index contributed by atoms with van der Waals surface area (Å²) < 4.78 is 11.3. The van der Waals surface area contributed by atoms with E-state index in [1.54, 1.807) is 14.2 Å². The Kier molecular flexibility index (Phi) is 5.19. The van der Waals surface area contributed by atoms with Crippen LogP contribution in [0.2, 0.25) is 0 Å². The van der Waals surface area contributed by atoms with Gasteiger partial charge in [-0.05, 0) is 44.0 Å². The Labute approximate surface area is 138 Å². The molecule has 23 heavy (non-hydrogen) atoms. The third kappa shape index (κ3) is 3.35. The third-order valence-electron chi connectivity index (χ3n) is 4.80. The van der Waals surface area contributed by atoms with Crippen LogP contribution >= 0.6 is 0 Å². The van der Waals surface area contributed by atoms with Crippen LogP contribution in [0.25, 0.3) is 0 Å². The Morgan fingerprint density at radius 3 is 1.78 bits per heavy atom. The summed E-state index contributed by atoms with van der Waals surface area (Å²) in [5.41, 5.74) is 2.51. The van der Waals surface area contributed by atoms with Crippen LogP contribution in [-0.2, 0) is 0 Å². The van der Waals surface area contributed by atoms with Crippen LogP contribution in [0.15, 0.2) is 48.5 Å². The van der Waals surface area contributed by atoms with Crippen molar-refractivity contribution in [3.8, 4) is 11.5 Å². The molecule has 0 bridgehead atoms. The molecule has 1 N–H and O–H groups in total. The van der Waals surface area contributed by atoms with Gasteiger partial charge in [-0.1, -0.05) is 36.4 Å². The zero-order valence-corrected chi connectivity index (χ0v) is 13.9. The minimum absolute atomic E-state index is 0.296. The van der Waals surface area contributed by atoms with Gasteiger partial charge in [0.05, 0.1) is 14.2 Å². The molecule has 0 aromatic heterocycles. The first kappa shape index (κ1) is 15.9.